The predicted molar refractivity (Wildman–Crippen MR) is 114 cm³/mol. The second-order valence-corrected chi connectivity index (χ2v) is 7.26. The van der Waals surface area contributed by atoms with E-state index in [4.69, 9.17) is 0 Å². The van der Waals surface area contributed by atoms with E-state index >= 15 is 0 Å². The van der Waals surface area contributed by atoms with Crippen molar-refractivity contribution in [1.29, 1.82) is 0 Å². The molecule has 0 saturated carbocycles. The van der Waals surface area contributed by atoms with Crippen LogP contribution in [-0.2, 0) is 4.79 Å². The first-order valence-electron chi connectivity index (χ1n) is 9.48. The van der Waals surface area contributed by atoms with Crippen molar-refractivity contribution in [3.8, 4) is 0 Å². The van der Waals surface area contributed by atoms with E-state index in [1.807, 2.05) is 49.3 Å². The Balaban J connectivity index is 2.21. The van der Waals surface area contributed by atoms with Crippen LogP contribution in [0.4, 0.5) is 0 Å². The van der Waals surface area contributed by atoms with E-state index in [-0.39, 0.29) is 17.5 Å². The minimum atomic E-state index is -0.312. The second-order valence-electron chi connectivity index (χ2n) is 7.26. The minimum absolute atomic E-state index is 0.227. The predicted octanol–water partition coefficient (Wildman–Crippen LogP) is 3.26. The number of rotatable bonds is 8. The highest BCUT2D eigenvalue weighted by molar-refractivity contribution is 6.05. The molecule has 2 aromatic carbocycles. The van der Waals surface area contributed by atoms with Crippen LogP contribution in [0.1, 0.15) is 41.3 Å². The number of likely N-dealkylation sites (N-methyl/N-ethyl adjacent to an activating group) is 1. The highest BCUT2D eigenvalue weighted by Crippen LogP contribution is 2.16. The van der Waals surface area contributed by atoms with E-state index in [2.05, 4.69) is 24.5 Å². The summed E-state index contributed by atoms with van der Waals surface area (Å²) in [6.45, 7) is 5.48. The van der Waals surface area contributed by atoms with E-state index in [1.165, 1.54) is 5.56 Å². The summed E-state index contributed by atoms with van der Waals surface area (Å²) in [5.74, 6) is -0.183. The van der Waals surface area contributed by atoms with Crippen LogP contribution in [0.15, 0.2) is 60.3 Å². The molecule has 2 rings (SSSR count). The molecule has 0 radical (unpaired) electrons. The van der Waals surface area contributed by atoms with Crippen molar-refractivity contribution in [2.45, 2.75) is 19.8 Å². The molecular weight excluding hydrogens is 350 g/mol. The molecule has 0 unspecified atom stereocenters. The molecule has 2 aromatic rings. The third kappa shape index (κ3) is 6.67. The van der Waals surface area contributed by atoms with Crippen LogP contribution in [0.3, 0.4) is 0 Å². The summed E-state index contributed by atoms with van der Waals surface area (Å²) in [5, 5.41) is 5.61. The molecule has 2 amide bonds. The maximum Gasteiger partial charge on any atom is 0.267 e. The average molecular weight is 380 g/mol. The van der Waals surface area contributed by atoms with Crippen molar-refractivity contribution in [3.63, 3.8) is 0 Å². The molecule has 0 fully saturated rings. The van der Waals surface area contributed by atoms with E-state index in [0.717, 1.165) is 12.1 Å². The normalized spacial score (nSPS) is 11.6. The van der Waals surface area contributed by atoms with Gasteiger partial charge in [-0.05, 0) is 49.3 Å². The smallest absolute Gasteiger partial charge is 0.267 e. The lowest BCUT2D eigenvalue weighted by Crippen LogP contribution is -2.37. The summed E-state index contributed by atoms with van der Waals surface area (Å²) in [6, 6.07) is 16.9. The van der Waals surface area contributed by atoms with Crippen LogP contribution < -0.4 is 10.6 Å². The SMILES string of the molecule is CC(C)c1ccc(/C=C(\NC(=O)c2ccccc2)C(=O)NCCN(C)C)cc1. The van der Waals surface area contributed by atoms with Crippen molar-refractivity contribution in [2.75, 3.05) is 27.2 Å². The van der Waals surface area contributed by atoms with Gasteiger partial charge in [-0.3, -0.25) is 9.59 Å². The maximum absolute atomic E-state index is 12.7. The topological polar surface area (TPSA) is 61.4 Å². The second kappa shape index (κ2) is 10.4. The van der Waals surface area contributed by atoms with Crippen LogP contribution in [-0.4, -0.2) is 43.9 Å². The molecule has 0 spiro atoms. The van der Waals surface area contributed by atoms with Crippen LogP contribution in [0.2, 0.25) is 0 Å². The van der Waals surface area contributed by atoms with Gasteiger partial charge in [-0.15, -0.1) is 0 Å². The van der Waals surface area contributed by atoms with Crippen LogP contribution in [0.5, 0.6) is 0 Å². The standard InChI is InChI=1S/C23H29N3O2/c1-17(2)19-12-10-18(11-13-19)16-21(23(28)24-14-15-26(3)4)25-22(27)20-8-6-5-7-9-20/h5-13,16-17H,14-15H2,1-4H3,(H,24,28)(H,25,27)/b21-16-. The van der Waals surface area contributed by atoms with Crippen LogP contribution >= 0.6 is 0 Å². The molecule has 0 bridgehead atoms. The molecule has 0 atom stereocenters. The van der Waals surface area contributed by atoms with Gasteiger partial charge in [-0.1, -0.05) is 56.3 Å². The molecule has 0 aromatic heterocycles. The van der Waals surface area contributed by atoms with Crippen molar-refractivity contribution in [3.05, 3.63) is 77.0 Å². The molecule has 0 aliphatic rings. The zero-order valence-corrected chi connectivity index (χ0v) is 17.0. The van der Waals surface area contributed by atoms with Crippen molar-refractivity contribution in [1.82, 2.24) is 15.5 Å². The Bertz CT molecular complexity index is 810. The molecule has 0 saturated heterocycles. The number of amides is 2. The van der Waals surface area contributed by atoms with E-state index in [9.17, 15) is 9.59 Å². The van der Waals surface area contributed by atoms with Crippen LogP contribution in [0.25, 0.3) is 6.08 Å². The Morgan fingerprint density at radius 3 is 2.21 bits per heavy atom. The minimum Gasteiger partial charge on any atom is -0.349 e. The van der Waals surface area contributed by atoms with Crippen molar-refractivity contribution in [2.24, 2.45) is 0 Å². The number of carbonyl (C=O) groups excluding carboxylic acids is 2. The number of nitrogens with one attached hydrogen (secondary N) is 2. The molecular formula is C23H29N3O2. The van der Waals surface area contributed by atoms with Crippen LogP contribution in [0, 0.1) is 0 Å². The molecule has 5 heteroatoms. The summed E-state index contributed by atoms with van der Waals surface area (Å²) < 4.78 is 0. The lowest BCUT2D eigenvalue weighted by molar-refractivity contribution is -0.117. The Morgan fingerprint density at radius 1 is 1.00 bits per heavy atom. The number of benzene rings is 2. The average Bonchev–Trinajstić information content (AvgIpc) is 2.68. The van der Waals surface area contributed by atoms with E-state index < -0.39 is 0 Å². The number of carbonyl (C=O) groups is 2. The van der Waals surface area contributed by atoms with Crippen molar-refractivity contribution >= 4 is 17.9 Å². The van der Waals surface area contributed by atoms with E-state index in [1.54, 1.807) is 30.3 Å². The zero-order chi connectivity index (χ0) is 20.5. The highest BCUT2D eigenvalue weighted by Gasteiger charge is 2.14. The zero-order valence-electron chi connectivity index (χ0n) is 17.0. The molecule has 0 heterocycles. The van der Waals surface area contributed by atoms with Gasteiger partial charge in [0.15, 0.2) is 0 Å². The third-order valence-electron chi connectivity index (χ3n) is 4.29. The largest absolute Gasteiger partial charge is 0.349 e. The molecule has 148 valence electrons. The van der Waals surface area contributed by atoms with Gasteiger partial charge < -0.3 is 15.5 Å². The first-order chi connectivity index (χ1) is 13.4. The van der Waals surface area contributed by atoms with Gasteiger partial charge in [0, 0.05) is 18.7 Å². The lowest BCUT2D eigenvalue weighted by Gasteiger charge is -2.13. The Kier molecular flexibility index (Phi) is 7.96. The van der Waals surface area contributed by atoms with Gasteiger partial charge in [-0.2, -0.15) is 0 Å². The Morgan fingerprint density at radius 2 is 1.64 bits per heavy atom. The summed E-state index contributed by atoms with van der Waals surface area (Å²) in [7, 11) is 3.88. The highest BCUT2D eigenvalue weighted by atomic mass is 16.2. The quantitative estimate of drug-likeness (QED) is 0.692. The summed E-state index contributed by atoms with van der Waals surface area (Å²) in [6.07, 6.45) is 1.70. The number of hydrogen-bond donors (Lipinski definition) is 2. The van der Waals surface area contributed by atoms with E-state index in [0.29, 0.717) is 18.0 Å². The fourth-order valence-corrected chi connectivity index (χ4v) is 2.57. The van der Waals surface area contributed by atoms with Gasteiger partial charge in [0.05, 0.1) is 0 Å². The molecule has 0 aliphatic heterocycles. The molecule has 2 N–H and O–H groups in total. The number of nitrogens with zero attached hydrogens (tertiary/aromatic N) is 1. The van der Waals surface area contributed by atoms with Crippen molar-refractivity contribution < 1.29 is 9.59 Å². The fourth-order valence-electron chi connectivity index (χ4n) is 2.57. The number of hydrogen-bond acceptors (Lipinski definition) is 3. The van der Waals surface area contributed by atoms with Gasteiger partial charge in [-0.25, -0.2) is 0 Å². The molecule has 0 aliphatic carbocycles. The summed E-state index contributed by atoms with van der Waals surface area (Å²) in [4.78, 5) is 27.2. The summed E-state index contributed by atoms with van der Waals surface area (Å²) in [5.41, 5.74) is 2.81. The van der Waals surface area contributed by atoms with Gasteiger partial charge in [0.25, 0.3) is 11.8 Å². The Labute approximate surface area is 167 Å². The molecule has 28 heavy (non-hydrogen) atoms. The maximum atomic E-state index is 12.7. The van der Waals surface area contributed by atoms with Gasteiger partial charge in [0.1, 0.15) is 5.70 Å². The first kappa shape index (κ1) is 21.4. The fraction of sp³-hybridized carbons (Fsp3) is 0.304. The van der Waals surface area contributed by atoms with Gasteiger partial charge in [0.2, 0.25) is 0 Å². The molecule has 5 nitrogen and oxygen atoms in total. The first-order valence-corrected chi connectivity index (χ1v) is 9.48. The third-order valence-corrected chi connectivity index (χ3v) is 4.29. The van der Waals surface area contributed by atoms with Gasteiger partial charge >= 0.3 is 0 Å². The Hall–Kier alpha value is -2.92. The summed E-state index contributed by atoms with van der Waals surface area (Å²) >= 11 is 0. The monoisotopic (exact) mass is 379 g/mol. The lowest BCUT2D eigenvalue weighted by atomic mass is 10.0.